The quantitative estimate of drug-likeness (QED) is 0.155. The van der Waals surface area contributed by atoms with Crippen molar-refractivity contribution in [2.75, 3.05) is 0 Å². The van der Waals surface area contributed by atoms with Crippen LogP contribution in [0.15, 0.2) is 24.0 Å². The molecule has 0 bridgehead atoms. The zero-order chi connectivity index (χ0) is 21.8. The maximum absolute atomic E-state index is 11.9. The minimum Gasteiger partial charge on any atom is -0.342 e. The first kappa shape index (κ1) is 23.1. The molecule has 3 nitrogen and oxygen atoms in total. The predicted octanol–water partition coefficient (Wildman–Crippen LogP) is 7.71. The maximum Gasteiger partial charge on any atom is 0.155 e. The molecule has 0 saturated heterocycles. The van der Waals surface area contributed by atoms with Crippen LogP contribution in [0.1, 0.15) is 110 Å². The molecule has 3 saturated carbocycles. The summed E-state index contributed by atoms with van der Waals surface area (Å²) in [6, 6.07) is 0. The topological polar surface area (TPSA) is 35.5 Å². The number of carbonyl (C=O) groups excluding carboxylic acids is 1. The van der Waals surface area contributed by atoms with Crippen molar-refractivity contribution in [3.8, 4) is 0 Å². The summed E-state index contributed by atoms with van der Waals surface area (Å²) in [5.41, 5.74) is 1.70. The molecule has 3 heteroatoms. The van der Waals surface area contributed by atoms with Crippen LogP contribution >= 0.6 is 0 Å². The number of rotatable bonds is 10. The van der Waals surface area contributed by atoms with Gasteiger partial charge < -0.3 is 4.89 Å². The molecule has 0 radical (unpaired) electrons. The lowest BCUT2D eigenvalue weighted by Gasteiger charge is -2.53. The second-order valence-corrected chi connectivity index (χ2v) is 11.2. The molecule has 3 fully saturated rings. The van der Waals surface area contributed by atoms with Crippen molar-refractivity contribution in [1.82, 2.24) is 0 Å². The van der Waals surface area contributed by atoms with Crippen molar-refractivity contribution in [1.29, 1.82) is 0 Å². The molecule has 0 heterocycles. The molecule has 6 atom stereocenters. The summed E-state index contributed by atoms with van der Waals surface area (Å²) in [7, 11) is 0. The van der Waals surface area contributed by atoms with Crippen LogP contribution in [0.25, 0.3) is 0 Å². The number of allylic oxidation sites excluding steroid dienone is 2. The monoisotopic (exact) mass is 428 g/mol. The molecule has 31 heavy (non-hydrogen) atoms. The molecule has 0 aliphatic heterocycles. The van der Waals surface area contributed by atoms with Gasteiger partial charge in [-0.3, -0.25) is 4.79 Å². The van der Waals surface area contributed by atoms with Crippen LogP contribution in [0, 0.1) is 29.1 Å². The lowest BCUT2D eigenvalue weighted by atomic mass is 9.52. The van der Waals surface area contributed by atoms with Crippen molar-refractivity contribution in [2.45, 2.75) is 116 Å². The zero-order valence-corrected chi connectivity index (χ0v) is 20.0. The summed E-state index contributed by atoms with van der Waals surface area (Å²) in [6.45, 7) is 8.83. The maximum atomic E-state index is 11.9. The molecule has 0 N–H and O–H groups in total. The summed E-state index contributed by atoms with van der Waals surface area (Å²) in [5, 5.41) is 0. The zero-order valence-electron chi connectivity index (χ0n) is 20.0. The second kappa shape index (κ2) is 10.2. The number of fused-ring (bicyclic) bond motifs is 5. The van der Waals surface area contributed by atoms with Crippen LogP contribution in [0.3, 0.4) is 0 Å². The third-order valence-electron chi connectivity index (χ3n) is 9.30. The lowest BCUT2D eigenvalue weighted by molar-refractivity contribution is -0.318. The third-order valence-corrected chi connectivity index (χ3v) is 9.30. The normalized spacial score (nSPS) is 36.9. The van der Waals surface area contributed by atoms with E-state index in [9.17, 15) is 4.79 Å². The Kier molecular flexibility index (Phi) is 7.62. The Hall–Kier alpha value is -1.09. The highest BCUT2D eigenvalue weighted by Gasteiger charge is 2.57. The van der Waals surface area contributed by atoms with Gasteiger partial charge >= 0.3 is 0 Å². The van der Waals surface area contributed by atoms with Gasteiger partial charge in [0.2, 0.25) is 0 Å². The minimum atomic E-state index is 0.199. The Bertz CT molecular complexity index is 680. The van der Waals surface area contributed by atoms with Crippen molar-refractivity contribution >= 4 is 5.78 Å². The summed E-state index contributed by atoms with van der Waals surface area (Å²) in [6.07, 6.45) is 20.0. The molecule has 4 aliphatic carbocycles. The standard InChI is InChI=1S/C28H44O3/c1-4-5-6-7-8-9-10-20(2)30-31-27-16-15-26-25-13-11-21-19-22(29)12-14-23(21)24(25)17-18-28(26,27)3/h19,23-27H,2,4-18H2,1,3H3. The number of ketones is 1. The van der Waals surface area contributed by atoms with Crippen molar-refractivity contribution in [3.05, 3.63) is 24.0 Å². The van der Waals surface area contributed by atoms with Crippen LogP contribution in [0.5, 0.6) is 0 Å². The highest BCUT2D eigenvalue weighted by atomic mass is 17.2. The third kappa shape index (κ3) is 4.97. The average molecular weight is 429 g/mol. The molecule has 0 aromatic rings. The van der Waals surface area contributed by atoms with E-state index < -0.39 is 0 Å². The first-order chi connectivity index (χ1) is 15.0. The van der Waals surface area contributed by atoms with Gasteiger partial charge in [0.25, 0.3) is 0 Å². The van der Waals surface area contributed by atoms with E-state index in [1.165, 1.54) is 63.4 Å². The van der Waals surface area contributed by atoms with Gasteiger partial charge in [0.1, 0.15) is 11.9 Å². The molecule has 174 valence electrons. The van der Waals surface area contributed by atoms with Gasteiger partial charge in [0.05, 0.1) is 0 Å². The van der Waals surface area contributed by atoms with Crippen molar-refractivity contribution < 1.29 is 14.6 Å². The van der Waals surface area contributed by atoms with Gasteiger partial charge in [-0.1, -0.05) is 58.1 Å². The first-order valence-corrected chi connectivity index (χ1v) is 13.3. The van der Waals surface area contributed by atoms with E-state index in [1.807, 2.05) is 6.08 Å². The van der Waals surface area contributed by atoms with Crippen molar-refractivity contribution in [2.24, 2.45) is 29.1 Å². The summed E-state index contributed by atoms with van der Waals surface area (Å²) >= 11 is 0. The van der Waals surface area contributed by atoms with E-state index in [0.29, 0.717) is 11.7 Å². The van der Waals surface area contributed by atoms with Crippen LogP contribution in [-0.2, 0) is 14.6 Å². The molecular formula is C28H44O3. The molecular weight excluding hydrogens is 384 g/mol. The first-order valence-electron chi connectivity index (χ1n) is 13.3. The predicted molar refractivity (Wildman–Crippen MR) is 125 cm³/mol. The lowest BCUT2D eigenvalue weighted by Crippen LogP contribution is -2.48. The molecule has 4 rings (SSSR count). The van der Waals surface area contributed by atoms with Crippen LogP contribution < -0.4 is 0 Å². The highest BCUT2D eigenvalue weighted by molar-refractivity contribution is 5.91. The van der Waals surface area contributed by atoms with E-state index in [-0.39, 0.29) is 11.5 Å². The van der Waals surface area contributed by atoms with Gasteiger partial charge in [-0.2, -0.15) is 4.89 Å². The number of hydrogen-bond acceptors (Lipinski definition) is 3. The van der Waals surface area contributed by atoms with Gasteiger partial charge in [0.15, 0.2) is 5.78 Å². The van der Waals surface area contributed by atoms with Gasteiger partial charge in [-0.15, -0.1) is 0 Å². The average Bonchev–Trinajstić information content (AvgIpc) is 3.10. The molecule has 0 aromatic carbocycles. The van der Waals surface area contributed by atoms with E-state index in [4.69, 9.17) is 9.78 Å². The Labute approximate surface area is 190 Å². The molecule has 4 aliphatic rings. The number of hydrogen-bond donors (Lipinski definition) is 0. The minimum absolute atomic E-state index is 0.199. The van der Waals surface area contributed by atoms with E-state index in [2.05, 4.69) is 20.4 Å². The van der Waals surface area contributed by atoms with Crippen molar-refractivity contribution in [3.63, 3.8) is 0 Å². The largest absolute Gasteiger partial charge is 0.342 e. The highest BCUT2D eigenvalue weighted by Crippen LogP contribution is 2.62. The smallest absolute Gasteiger partial charge is 0.155 e. The van der Waals surface area contributed by atoms with Crippen LogP contribution in [-0.4, -0.2) is 11.9 Å². The van der Waals surface area contributed by atoms with E-state index >= 15 is 0 Å². The Morgan fingerprint density at radius 2 is 1.84 bits per heavy atom. The summed E-state index contributed by atoms with van der Waals surface area (Å²) in [5.74, 6) is 4.16. The molecule has 6 unspecified atom stereocenters. The SMILES string of the molecule is C=C(CCCCCCCC)OOC1CCC2C3CCC4=CC(=O)CCC4C3CCC12C. The number of unbranched alkanes of at least 4 members (excludes halogenated alkanes) is 5. The van der Waals surface area contributed by atoms with Crippen LogP contribution in [0.2, 0.25) is 0 Å². The number of carbonyl (C=O) groups is 1. The fourth-order valence-electron chi connectivity index (χ4n) is 7.56. The Morgan fingerprint density at radius 3 is 2.68 bits per heavy atom. The Morgan fingerprint density at radius 1 is 1.03 bits per heavy atom. The summed E-state index contributed by atoms with van der Waals surface area (Å²) < 4.78 is 0. The van der Waals surface area contributed by atoms with Gasteiger partial charge in [0, 0.05) is 18.3 Å². The van der Waals surface area contributed by atoms with Crippen LogP contribution in [0.4, 0.5) is 0 Å². The van der Waals surface area contributed by atoms with E-state index in [1.54, 1.807) is 0 Å². The van der Waals surface area contributed by atoms with E-state index in [0.717, 1.165) is 62.0 Å². The Balaban J connectivity index is 1.27. The fourth-order valence-corrected chi connectivity index (χ4v) is 7.56. The molecule has 0 spiro atoms. The summed E-state index contributed by atoms with van der Waals surface area (Å²) in [4.78, 5) is 23.7. The molecule has 0 amide bonds. The molecule has 0 aromatic heterocycles. The second-order valence-electron chi connectivity index (χ2n) is 11.2. The van der Waals surface area contributed by atoms with Gasteiger partial charge in [-0.25, -0.2) is 0 Å². The fraction of sp³-hybridized carbons (Fsp3) is 0.821. The van der Waals surface area contributed by atoms with Gasteiger partial charge in [-0.05, 0) is 81.1 Å².